The van der Waals surface area contributed by atoms with Gasteiger partial charge in [0.15, 0.2) is 0 Å². The van der Waals surface area contributed by atoms with E-state index in [1.54, 1.807) is 12.1 Å². The number of carboxylic acids is 1. The van der Waals surface area contributed by atoms with E-state index in [0.717, 1.165) is 38.7 Å². The molecule has 2 aliphatic carbocycles. The second-order valence-electron chi connectivity index (χ2n) is 8.84. The number of hydrogen-bond donors (Lipinski definition) is 1. The first-order chi connectivity index (χ1) is 13.9. The molecule has 1 aromatic carbocycles. The lowest BCUT2D eigenvalue weighted by molar-refractivity contribution is -0.218. The lowest BCUT2D eigenvalue weighted by Gasteiger charge is -2.57. The minimum Gasteiger partial charge on any atom is -0.493 e. The van der Waals surface area contributed by atoms with E-state index in [0.29, 0.717) is 48.0 Å². The first kappa shape index (κ1) is 20.7. The molecule has 5 unspecified atom stereocenters. The summed E-state index contributed by atoms with van der Waals surface area (Å²) >= 11 is 6.04. The van der Waals surface area contributed by atoms with Crippen molar-refractivity contribution in [2.45, 2.75) is 45.1 Å². The van der Waals surface area contributed by atoms with E-state index in [1.807, 2.05) is 0 Å². The number of ether oxygens (including phenoxy) is 3. The summed E-state index contributed by atoms with van der Waals surface area (Å²) < 4.78 is 17.4. The maximum absolute atomic E-state index is 11.5. The zero-order valence-corrected chi connectivity index (χ0v) is 17.6. The highest BCUT2D eigenvalue weighted by Gasteiger charge is 2.53. The Morgan fingerprint density at radius 1 is 1.41 bits per heavy atom. The quantitative estimate of drug-likeness (QED) is 0.665. The average molecular weight is 421 g/mol. The Kier molecular flexibility index (Phi) is 5.92. The summed E-state index contributed by atoms with van der Waals surface area (Å²) in [4.78, 5) is 11.5. The number of benzene rings is 1. The van der Waals surface area contributed by atoms with Crippen LogP contribution in [0.25, 0.3) is 0 Å². The Labute approximate surface area is 177 Å². The fourth-order valence-corrected chi connectivity index (χ4v) is 6.08. The molecule has 3 fully saturated rings. The molecule has 0 aromatic heterocycles. The Morgan fingerprint density at radius 3 is 3.03 bits per heavy atom. The van der Waals surface area contributed by atoms with Gasteiger partial charge in [0.25, 0.3) is 0 Å². The lowest BCUT2D eigenvalue weighted by atomic mass is 9.50. The van der Waals surface area contributed by atoms with Crippen LogP contribution < -0.4 is 4.74 Å². The number of allylic oxidation sites excluding steroid dienone is 1. The van der Waals surface area contributed by atoms with Crippen molar-refractivity contribution in [3.8, 4) is 5.75 Å². The molecule has 4 rings (SSSR count). The van der Waals surface area contributed by atoms with Crippen LogP contribution in [0.5, 0.6) is 5.75 Å². The zero-order valence-electron chi connectivity index (χ0n) is 16.9. The van der Waals surface area contributed by atoms with Crippen LogP contribution in [0, 0.1) is 23.2 Å². The summed E-state index contributed by atoms with van der Waals surface area (Å²) in [5.74, 6) is 0.659. The first-order valence-electron chi connectivity index (χ1n) is 10.4. The Morgan fingerprint density at radius 2 is 2.24 bits per heavy atom. The molecule has 0 amide bonds. The number of carboxylic acid groups (broad SMARTS) is 1. The monoisotopic (exact) mass is 420 g/mol. The molecule has 0 spiro atoms. The summed E-state index contributed by atoms with van der Waals surface area (Å²) in [5.41, 5.74) is 1.57. The molecule has 1 aromatic rings. The van der Waals surface area contributed by atoms with Crippen molar-refractivity contribution < 1.29 is 24.1 Å². The largest absolute Gasteiger partial charge is 0.493 e. The zero-order chi connectivity index (χ0) is 20.6. The maximum Gasteiger partial charge on any atom is 0.339 e. The van der Waals surface area contributed by atoms with E-state index in [-0.39, 0.29) is 11.0 Å². The van der Waals surface area contributed by atoms with Crippen LogP contribution in [0.1, 0.15) is 49.4 Å². The van der Waals surface area contributed by atoms with Gasteiger partial charge in [-0.1, -0.05) is 30.7 Å². The molecule has 1 saturated heterocycles. The van der Waals surface area contributed by atoms with Gasteiger partial charge in [-0.2, -0.15) is 0 Å². The Balaban J connectivity index is 1.47. The highest BCUT2D eigenvalue weighted by atomic mass is 35.5. The van der Waals surface area contributed by atoms with Crippen molar-refractivity contribution in [2.24, 2.45) is 23.2 Å². The van der Waals surface area contributed by atoms with Gasteiger partial charge < -0.3 is 19.3 Å². The van der Waals surface area contributed by atoms with E-state index in [4.69, 9.17) is 25.8 Å². The molecule has 5 atom stereocenters. The molecule has 5 nitrogen and oxygen atoms in total. The normalized spacial score (nSPS) is 34.2. The van der Waals surface area contributed by atoms with Crippen LogP contribution in [0.2, 0.25) is 5.02 Å². The molecule has 2 saturated carbocycles. The highest BCUT2D eigenvalue weighted by Crippen LogP contribution is 2.58. The minimum absolute atomic E-state index is 0.137. The van der Waals surface area contributed by atoms with Gasteiger partial charge in [-0.3, -0.25) is 0 Å². The molecule has 6 heteroatoms. The van der Waals surface area contributed by atoms with E-state index in [1.165, 1.54) is 11.6 Å². The van der Waals surface area contributed by atoms with Crippen molar-refractivity contribution in [1.82, 2.24) is 0 Å². The van der Waals surface area contributed by atoms with Crippen molar-refractivity contribution >= 4 is 17.6 Å². The second kappa shape index (κ2) is 8.29. The van der Waals surface area contributed by atoms with Crippen molar-refractivity contribution in [1.29, 1.82) is 0 Å². The predicted molar refractivity (Wildman–Crippen MR) is 110 cm³/mol. The predicted octanol–water partition coefficient (Wildman–Crippen LogP) is 5.18. The molecule has 0 radical (unpaired) electrons. The topological polar surface area (TPSA) is 65.0 Å². The fraction of sp³-hybridized carbons (Fsp3) is 0.609. The number of fused-ring (bicyclic) bond motifs is 3. The molecule has 1 aliphatic heterocycles. The van der Waals surface area contributed by atoms with Gasteiger partial charge in [0.1, 0.15) is 18.1 Å². The average Bonchev–Trinajstić information content (AvgIpc) is 2.69. The highest BCUT2D eigenvalue weighted by molar-refractivity contribution is 6.30. The third-order valence-electron chi connectivity index (χ3n) is 7.39. The van der Waals surface area contributed by atoms with Gasteiger partial charge in [0, 0.05) is 10.9 Å². The van der Waals surface area contributed by atoms with Gasteiger partial charge in [-0.05, 0) is 67.6 Å². The molecular formula is C23H29ClO5. The number of halogens is 1. The molecule has 29 heavy (non-hydrogen) atoms. The molecule has 0 bridgehead atoms. The number of carbonyl (C=O) groups is 1. The molecule has 3 aliphatic rings. The molecular weight excluding hydrogens is 392 g/mol. The third-order valence-corrected chi connectivity index (χ3v) is 7.62. The Bertz CT molecular complexity index is 793. The number of aromatic carboxylic acids is 1. The summed E-state index contributed by atoms with van der Waals surface area (Å²) in [6, 6.07) is 4.63. The van der Waals surface area contributed by atoms with Gasteiger partial charge in [0.05, 0.1) is 19.3 Å². The number of rotatable bonds is 5. The lowest BCUT2D eigenvalue weighted by Crippen LogP contribution is -2.54. The van der Waals surface area contributed by atoms with Gasteiger partial charge in [-0.15, -0.1) is 0 Å². The molecule has 158 valence electrons. The fourth-order valence-electron chi connectivity index (χ4n) is 5.92. The van der Waals surface area contributed by atoms with Crippen LogP contribution in [-0.2, 0) is 9.47 Å². The smallest absolute Gasteiger partial charge is 0.339 e. The van der Waals surface area contributed by atoms with Gasteiger partial charge >= 0.3 is 5.97 Å². The van der Waals surface area contributed by atoms with Crippen molar-refractivity contribution in [2.75, 3.05) is 20.0 Å². The van der Waals surface area contributed by atoms with E-state index in [2.05, 4.69) is 13.5 Å². The summed E-state index contributed by atoms with van der Waals surface area (Å²) in [6.07, 6.45) is 5.46. The minimum atomic E-state index is -1.01. The van der Waals surface area contributed by atoms with Gasteiger partial charge in [0.2, 0.25) is 0 Å². The summed E-state index contributed by atoms with van der Waals surface area (Å²) in [6.45, 7) is 8.41. The van der Waals surface area contributed by atoms with E-state index in [9.17, 15) is 9.90 Å². The van der Waals surface area contributed by atoms with Crippen LogP contribution in [0.4, 0.5) is 0 Å². The third kappa shape index (κ3) is 3.92. The van der Waals surface area contributed by atoms with E-state index < -0.39 is 5.97 Å². The van der Waals surface area contributed by atoms with E-state index >= 15 is 0 Å². The number of hydrogen-bond acceptors (Lipinski definition) is 4. The van der Waals surface area contributed by atoms with Crippen molar-refractivity contribution in [3.05, 3.63) is 40.9 Å². The summed E-state index contributed by atoms with van der Waals surface area (Å²) in [5, 5.41) is 9.86. The first-order valence-corrected chi connectivity index (χ1v) is 10.8. The van der Waals surface area contributed by atoms with Crippen LogP contribution in [0.3, 0.4) is 0 Å². The standard InChI is InChI=1S/C23H29ClO5/c1-14-3-6-19-17-12-27-13-29-20(17)7-9-23(19,2)18(14)8-10-28-21-11-15(24)4-5-16(21)22(25)26/h4-5,11,17-20H,1,3,6-10,12-13H2,2H3,(H,25,26). The van der Waals surface area contributed by atoms with Crippen LogP contribution in [0.15, 0.2) is 30.4 Å². The maximum atomic E-state index is 11.5. The van der Waals surface area contributed by atoms with Crippen LogP contribution >= 0.6 is 11.6 Å². The molecule has 1 N–H and O–H groups in total. The van der Waals surface area contributed by atoms with Crippen molar-refractivity contribution in [3.63, 3.8) is 0 Å². The second-order valence-corrected chi connectivity index (χ2v) is 9.28. The summed E-state index contributed by atoms with van der Waals surface area (Å²) in [7, 11) is 0. The molecule has 1 heterocycles. The van der Waals surface area contributed by atoms with Gasteiger partial charge in [-0.25, -0.2) is 4.79 Å². The SMILES string of the molecule is C=C1CCC2C3COCOC3CCC2(C)C1CCOc1cc(Cl)ccc1C(=O)O. The van der Waals surface area contributed by atoms with Crippen LogP contribution in [-0.4, -0.2) is 37.2 Å². The Hall–Kier alpha value is -1.56.